The number of hydrogen-bond donors (Lipinski definition) is 0. The van der Waals surface area contributed by atoms with Crippen LogP contribution in [-0.2, 0) is 6.42 Å². The largest absolute Gasteiger partial charge is 0.207 e. The molecule has 0 radical (unpaired) electrons. The first-order valence-electron chi connectivity index (χ1n) is 6.69. The Labute approximate surface area is 119 Å². The molecule has 0 spiro atoms. The lowest BCUT2D eigenvalue weighted by molar-refractivity contribution is 0.577. The van der Waals surface area contributed by atoms with Crippen molar-refractivity contribution in [1.29, 1.82) is 0 Å². The second kappa shape index (κ2) is 10.1. The van der Waals surface area contributed by atoms with Crippen molar-refractivity contribution in [3.63, 3.8) is 0 Å². The van der Waals surface area contributed by atoms with E-state index in [1.165, 1.54) is 18.2 Å². The van der Waals surface area contributed by atoms with E-state index in [2.05, 4.69) is 0 Å². The zero-order valence-electron chi connectivity index (χ0n) is 12.4. The lowest BCUT2D eigenvalue weighted by atomic mass is 10.2. The van der Waals surface area contributed by atoms with Crippen LogP contribution in [0.4, 0.5) is 13.2 Å². The lowest BCUT2D eigenvalue weighted by Gasteiger charge is -1.94. The van der Waals surface area contributed by atoms with E-state index in [0.29, 0.717) is 5.56 Å². The second-order valence-corrected chi connectivity index (χ2v) is 3.84. The highest BCUT2D eigenvalue weighted by molar-refractivity contribution is 5.17. The summed E-state index contributed by atoms with van der Waals surface area (Å²) >= 11 is 0. The van der Waals surface area contributed by atoms with Gasteiger partial charge in [-0.25, -0.2) is 13.2 Å². The average Bonchev–Trinajstić information content (AvgIpc) is 2.47. The Kier molecular flexibility index (Phi) is 9.18. The first-order valence-corrected chi connectivity index (χ1v) is 6.69. The summed E-state index contributed by atoms with van der Waals surface area (Å²) < 4.78 is 37.0. The van der Waals surface area contributed by atoms with Crippen LogP contribution in [0.5, 0.6) is 0 Å². The van der Waals surface area contributed by atoms with Gasteiger partial charge in [0.1, 0.15) is 17.5 Å². The zero-order valence-corrected chi connectivity index (χ0v) is 12.4. The maximum Gasteiger partial charge on any atom is 0.129 e. The second-order valence-electron chi connectivity index (χ2n) is 3.84. The van der Waals surface area contributed by atoms with Crippen LogP contribution in [-0.4, -0.2) is 0 Å². The topological polar surface area (TPSA) is 0 Å². The Bertz CT molecular complexity index is 507. The van der Waals surface area contributed by atoms with E-state index < -0.39 is 11.6 Å². The van der Waals surface area contributed by atoms with E-state index in [1.54, 1.807) is 19.1 Å². The van der Waals surface area contributed by atoms with Crippen LogP contribution < -0.4 is 0 Å². The predicted molar refractivity (Wildman–Crippen MR) is 78.2 cm³/mol. The smallest absolute Gasteiger partial charge is 0.129 e. The van der Waals surface area contributed by atoms with E-state index in [0.717, 1.165) is 18.1 Å². The molecular weight excluding hydrogens is 261 g/mol. The van der Waals surface area contributed by atoms with Crippen LogP contribution in [0.3, 0.4) is 0 Å². The number of halogens is 3. The molecule has 110 valence electrons. The highest BCUT2D eigenvalue weighted by Gasteiger charge is 1.96. The van der Waals surface area contributed by atoms with E-state index >= 15 is 0 Å². The molecule has 0 saturated carbocycles. The van der Waals surface area contributed by atoms with Crippen LogP contribution in [0, 0.1) is 24.4 Å². The Balaban J connectivity index is 0.000000321. The fourth-order valence-corrected chi connectivity index (χ4v) is 1.35. The number of rotatable bonds is 1. The van der Waals surface area contributed by atoms with Gasteiger partial charge in [0.05, 0.1) is 0 Å². The van der Waals surface area contributed by atoms with Gasteiger partial charge in [-0.05, 0) is 36.6 Å². The van der Waals surface area contributed by atoms with E-state index in [-0.39, 0.29) is 5.82 Å². The lowest BCUT2D eigenvalue weighted by Crippen LogP contribution is -1.83. The van der Waals surface area contributed by atoms with Crippen molar-refractivity contribution < 1.29 is 13.2 Å². The third-order valence-corrected chi connectivity index (χ3v) is 2.47. The fourth-order valence-electron chi connectivity index (χ4n) is 1.35. The van der Waals surface area contributed by atoms with Crippen molar-refractivity contribution in [3.8, 4) is 0 Å². The average molecular weight is 282 g/mol. The number of aryl methyl sites for hydroxylation is 2. The van der Waals surface area contributed by atoms with Crippen molar-refractivity contribution in [1.82, 2.24) is 0 Å². The molecule has 0 amide bonds. The molecule has 0 bridgehead atoms. The highest BCUT2D eigenvalue weighted by atomic mass is 19.1. The molecule has 0 nitrogen and oxygen atoms in total. The normalized spacial score (nSPS) is 8.95. The van der Waals surface area contributed by atoms with Gasteiger partial charge in [0.25, 0.3) is 0 Å². The SMILES string of the molecule is CC.CCc1ccccc1F.Cc1ccc(F)cc1F. The fraction of sp³-hybridized carbons (Fsp3) is 0.294. The van der Waals surface area contributed by atoms with Gasteiger partial charge in [0.15, 0.2) is 0 Å². The molecule has 2 rings (SSSR count). The van der Waals surface area contributed by atoms with Crippen molar-refractivity contribution in [2.75, 3.05) is 0 Å². The van der Waals surface area contributed by atoms with E-state index in [1.807, 2.05) is 26.8 Å². The quantitative estimate of drug-likeness (QED) is 0.630. The van der Waals surface area contributed by atoms with Gasteiger partial charge in [0, 0.05) is 6.07 Å². The Morgan fingerprint density at radius 3 is 1.85 bits per heavy atom. The summed E-state index contributed by atoms with van der Waals surface area (Å²) in [6, 6.07) is 10.4. The molecule has 0 saturated heterocycles. The first-order chi connectivity index (χ1) is 9.54. The summed E-state index contributed by atoms with van der Waals surface area (Å²) in [5, 5.41) is 0. The van der Waals surface area contributed by atoms with Gasteiger partial charge in [-0.15, -0.1) is 0 Å². The predicted octanol–water partition coefficient (Wildman–Crippen LogP) is 5.69. The maximum absolute atomic E-state index is 12.6. The number of hydrogen-bond acceptors (Lipinski definition) is 0. The van der Waals surface area contributed by atoms with Crippen molar-refractivity contribution in [3.05, 3.63) is 71.0 Å². The van der Waals surface area contributed by atoms with Gasteiger partial charge in [-0.3, -0.25) is 0 Å². The summed E-state index contributed by atoms with van der Waals surface area (Å²) in [4.78, 5) is 0. The molecule has 3 heteroatoms. The van der Waals surface area contributed by atoms with Crippen LogP contribution in [0.2, 0.25) is 0 Å². The molecule has 0 atom stereocenters. The zero-order chi connectivity index (χ0) is 15.5. The molecule has 0 unspecified atom stereocenters. The Morgan fingerprint density at radius 1 is 0.850 bits per heavy atom. The minimum absolute atomic E-state index is 0.0972. The van der Waals surface area contributed by atoms with Gasteiger partial charge < -0.3 is 0 Å². The van der Waals surface area contributed by atoms with E-state index in [4.69, 9.17) is 0 Å². The van der Waals surface area contributed by atoms with Crippen LogP contribution in [0.25, 0.3) is 0 Å². The Morgan fingerprint density at radius 2 is 1.45 bits per heavy atom. The minimum atomic E-state index is -0.530. The summed E-state index contributed by atoms with van der Waals surface area (Å²) in [5.74, 6) is -1.12. The summed E-state index contributed by atoms with van der Waals surface area (Å²) in [6.45, 7) is 7.53. The molecule has 2 aromatic rings. The van der Waals surface area contributed by atoms with Crippen molar-refractivity contribution in [2.24, 2.45) is 0 Å². The summed E-state index contributed by atoms with van der Waals surface area (Å²) in [7, 11) is 0. The number of benzene rings is 2. The summed E-state index contributed by atoms with van der Waals surface area (Å²) in [5.41, 5.74) is 1.26. The van der Waals surface area contributed by atoms with Gasteiger partial charge >= 0.3 is 0 Å². The molecule has 0 N–H and O–H groups in total. The molecule has 0 aromatic heterocycles. The molecule has 2 aromatic carbocycles. The monoisotopic (exact) mass is 282 g/mol. The van der Waals surface area contributed by atoms with Crippen molar-refractivity contribution in [2.45, 2.75) is 34.1 Å². The van der Waals surface area contributed by atoms with Crippen molar-refractivity contribution >= 4 is 0 Å². The minimum Gasteiger partial charge on any atom is -0.207 e. The van der Waals surface area contributed by atoms with Crippen LogP contribution in [0.15, 0.2) is 42.5 Å². The van der Waals surface area contributed by atoms with Gasteiger partial charge in [0.2, 0.25) is 0 Å². The van der Waals surface area contributed by atoms with Gasteiger partial charge in [-0.2, -0.15) is 0 Å². The third-order valence-electron chi connectivity index (χ3n) is 2.47. The van der Waals surface area contributed by atoms with E-state index in [9.17, 15) is 13.2 Å². The molecule has 0 aliphatic carbocycles. The highest BCUT2D eigenvalue weighted by Crippen LogP contribution is 2.06. The molecule has 0 aliphatic rings. The maximum atomic E-state index is 12.6. The molecule has 20 heavy (non-hydrogen) atoms. The Hall–Kier alpha value is -1.77. The van der Waals surface area contributed by atoms with Crippen LogP contribution in [0.1, 0.15) is 31.9 Å². The van der Waals surface area contributed by atoms with Gasteiger partial charge in [-0.1, -0.05) is 45.0 Å². The van der Waals surface area contributed by atoms with Crippen LogP contribution >= 0.6 is 0 Å². The molecular formula is C17H21F3. The third kappa shape index (κ3) is 6.41. The first kappa shape index (κ1) is 18.2. The molecule has 0 fully saturated rings. The molecule has 0 heterocycles. The summed E-state index contributed by atoms with van der Waals surface area (Å²) in [6.07, 6.45) is 0.771. The molecule has 0 aliphatic heterocycles. The standard InChI is InChI=1S/C8H9F.C7H6F2.C2H6/c1-2-7-5-3-4-6-8(7)9;1-5-2-3-6(8)4-7(5)9;1-2/h3-6H,2H2,1H3;2-4H,1H3;1-2H3.